The Morgan fingerprint density at radius 1 is 1.33 bits per heavy atom. The summed E-state index contributed by atoms with van der Waals surface area (Å²) in [6, 6.07) is 0. The zero-order valence-electron chi connectivity index (χ0n) is 9.66. The van der Waals surface area contributed by atoms with E-state index in [9.17, 15) is 9.59 Å². The molecular formula is C11H18O4. The lowest BCUT2D eigenvalue weighted by atomic mass is 9.66. The number of hydrogen-bond donors (Lipinski definition) is 1. The highest BCUT2D eigenvalue weighted by Crippen LogP contribution is 2.56. The molecule has 0 radical (unpaired) electrons. The van der Waals surface area contributed by atoms with Crippen molar-refractivity contribution in [2.75, 3.05) is 7.11 Å². The monoisotopic (exact) mass is 214 g/mol. The van der Waals surface area contributed by atoms with Crippen LogP contribution < -0.4 is 0 Å². The zero-order valence-corrected chi connectivity index (χ0v) is 9.66. The lowest BCUT2D eigenvalue weighted by Gasteiger charge is -2.37. The van der Waals surface area contributed by atoms with Crippen molar-refractivity contribution in [3.05, 3.63) is 0 Å². The number of carboxylic acids is 1. The second-order valence-corrected chi connectivity index (χ2v) is 4.97. The van der Waals surface area contributed by atoms with Gasteiger partial charge in [-0.25, -0.2) is 0 Å². The maximum atomic E-state index is 11.7. The van der Waals surface area contributed by atoms with Gasteiger partial charge in [0.25, 0.3) is 0 Å². The lowest BCUT2D eigenvalue weighted by molar-refractivity contribution is -0.160. The second kappa shape index (κ2) is 3.51. The van der Waals surface area contributed by atoms with E-state index in [1.54, 1.807) is 6.92 Å². The van der Waals surface area contributed by atoms with E-state index in [0.29, 0.717) is 12.8 Å². The van der Waals surface area contributed by atoms with Gasteiger partial charge in [0, 0.05) is 0 Å². The summed E-state index contributed by atoms with van der Waals surface area (Å²) in [7, 11) is 1.34. The van der Waals surface area contributed by atoms with Crippen LogP contribution in [0.4, 0.5) is 0 Å². The molecule has 0 aliphatic heterocycles. The summed E-state index contributed by atoms with van der Waals surface area (Å²) in [5.41, 5.74) is -1.25. The number of carbonyl (C=O) groups is 2. The van der Waals surface area contributed by atoms with Crippen molar-refractivity contribution >= 4 is 11.9 Å². The van der Waals surface area contributed by atoms with Gasteiger partial charge in [-0.3, -0.25) is 9.59 Å². The normalized spacial score (nSPS) is 33.7. The predicted molar refractivity (Wildman–Crippen MR) is 54.3 cm³/mol. The summed E-state index contributed by atoms with van der Waals surface area (Å²) in [6.45, 7) is 5.45. The quantitative estimate of drug-likeness (QED) is 0.710. The fourth-order valence-corrected chi connectivity index (χ4v) is 2.52. The van der Waals surface area contributed by atoms with E-state index in [1.165, 1.54) is 7.11 Å². The first-order valence-electron chi connectivity index (χ1n) is 5.08. The van der Waals surface area contributed by atoms with Gasteiger partial charge in [-0.2, -0.15) is 0 Å². The molecule has 1 N–H and O–H groups in total. The Balaban J connectivity index is 3.06. The number of esters is 1. The van der Waals surface area contributed by atoms with Crippen LogP contribution in [0.25, 0.3) is 0 Å². The molecule has 4 nitrogen and oxygen atoms in total. The van der Waals surface area contributed by atoms with Crippen LogP contribution in [0.3, 0.4) is 0 Å². The average molecular weight is 214 g/mol. The van der Waals surface area contributed by atoms with Crippen molar-refractivity contribution in [1.29, 1.82) is 0 Å². The first-order valence-corrected chi connectivity index (χ1v) is 5.08. The summed E-state index contributed by atoms with van der Waals surface area (Å²) in [5.74, 6) is -1.61. The standard InChI is InChI=1S/C11H18O4/c1-10(2)7(8(12)13)5-6-11(10,3)9(14)15-4/h7H,5-6H2,1-4H3,(H,12,13)/t7?,11-/m0/s1. The zero-order chi connectivity index (χ0) is 11.9. The smallest absolute Gasteiger partial charge is 0.312 e. The molecular weight excluding hydrogens is 196 g/mol. The fraction of sp³-hybridized carbons (Fsp3) is 0.818. The number of rotatable bonds is 2. The number of carbonyl (C=O) groups excluding carboxylic acids is 1. The summed E-state index contributed by atoms with van der Waals surface area (Å²) in [5, 5.41) is 9.08. The molecule has 1 fully saturated rings. The number of hydrogen-bond acceptors (Lipinski definition) is 3. The van der Waals surface area contributed by atoms with Gasteiger partial charge < -0.3 is 9.84 Å². The van der Waals surface area contributed by atoms with Crippen LogP contribution >= 0.6 is 0 Å². The van der Waals surface area contributed by atoms with Crippen LogP contribution in [0.1, 0.15) is 33.6 Å². The Kier molecular flexibility index (Phi) is 2.81. The van der Waals surface area contributed by atoms with Gasteiger partial charge in [0.15, 0.2) is 0 Å². The number of ether oxygens (including phenoxy) is 1. The largest absolute Gasteiger partial charge is 0.481 e. The van der Waals surface area contributed by atoms with Crippen molar-refractivity contribution < 1.29 is 19.4 Å². The SMILES string of the molecule is COC(=O)[C@]1(C)CCC(C(=O)O)C1(C)C. The molecule has 0 aromatic carbocycles. The van der Waals surface area contributed by atoms with E-state index in [1.807, 2.05) is 13.8 Å². The summed E-state index contributed by atoms with van der Waals surface area (Å²) in [6.07, 6.45) is 1.11. The van der Waals surface area contributed by atoms with Crippen LogP contribution in [0.2, 0.25) is 0 Å². The second-order valence-electron chi connectivity index (χ2n) is 4.97. The van der Waals surface area contributed by atoms with Gasteiger partial charge >= 0.3 is 11.9 Å². The van der Waals surface area contributed by atoms with Crippen molar-refractivity contribution in [2.45, 2.75) is 33.6 Å². The van der Waals surface area contributed by atoms with E-state index in [0.717, 1.165) is 0 Å². The molecule has 1 saturated carbocycles. The molecule has 0 aromatic rings. The van der Waals surface area contributed by atoms with Crippen LogP contribution in [0.15, 0.2) is 0 Å². The number of carboxylic acid groups (broad SMARTS) is 1. The predicted octanol–water partition coefficient (Wildman–Crippen LogP) is 1.69. The van der Waals surface area contributed by atoms with Crippen LogP contribution in [0, 0.1) is 16.7 Å². The van der Waals surface area contributed by atoms with Gasteiger partial charge in [-0.05, 0) is 25.2 Å². The number of methoxy groups -OCH3 is 1. The van der Waals surface area contributed by atoms with Crippen molar-refractivity contribution in [3.8, 4) is 0 Å². The Bertz CT molecular complexity index is 295. The molecule has 1 unspecified atom stereocenters. The van der Waals surface area contributed by atoms with Crippen LogP contribution in [-0.2, 0) is 14.3 Å². The van der Waals surface area contributed by atoms with E-state index in [-0.39, 0.29) is 5.97 Å². The molecule has 15 heavy (non-hydrogen) atoms. The van der Waals surface area contributed by atoms with E-state index in [4.69, 9.17) is 9.84 Å². The van der Waals surface area contributed by atoms with Gasteiger partial charge in [0.05, 0.1) is 18.4 Å². The van der Waals surface area contributed by atoms with E-state index < -0.39 is 22.7 Å². The Morgan fingerprint density at radius 2 is 1.87 bits per heavy atom. The van der Waals surface area contributed by atoms with Gasteiger partial charge in [-0.15, -0.1) is 0 Å². The molecule has 86 valence electrons. The molecule has 0 spiro atoms. The first kappa shape index (κ1) is 12.0. The van der Waals surface area contributed by atoms with Gasteiger partial charge in [0.1, 0.15) is 0 Å². The Labute approximate surface area is 89.6 Å². The number of aliphatic carboxylic acids is 1. The van der Waals surface area contributed by atoms with Gasteiger partial charge in [0.2, 0.25) is 0 Å². The van der Waals surface area contributed by atoms with E-state index >= 15 is 0 Å². The molecule has 0 aromatic heterocycles. The maximum absolute atomic E-state index is 11.7. The maximum Gasteiger partial charge on any atom is 0.312 e. The molecule has 0 bridgehead atoms. The molecule has 1 rings (SSSR count). The van der Waals surface area contributed by atoms with Crippen molar-refractivity contribution in [1.82, 2.24) is 0 Å². The minimum absolute atomic E-state index is 0.309. The summed E-state index contributed by atoms with van der Waals surface area (Å²) >= 11 is 0. The highest BCUT2D eigenvalue weighted by molar-refractivity contribution is 5.81. The third-order valence-electron chi connectivity index (χ3n) is 4.16. The highest BCUT2D eigenvalue weighted by atomic mass is 16.5. The minimum atomic E-state index is -0.826. The van der Waals surface area contributed by atoms with Crippen LogP contribution in [0.5, 0.6) is 0 Å². The van der Waals surface area contributed by atoms with Crippen LogP contribution in [-0.4, -0.2) is 24.2 Å². The average Bonchev–Trinajstić information content (AvgIpc) is 2.38. The Hall–Kier alpha value is -1.06. The molecule has 0 heterocycles. The third-order valence-corrected chi connectivity index (χ3v) is 4.16. The fourth-order valence-electron chi connectivity index (χ4n) is 2.52. The van der Waals surface area contributed by atoms with E-state index in [2.05, 4.69) is 0 Å². The van der Waals surface area contributed by atoms with Crippen molar-refractivity contribution in [2.24, 2.45) is 16.7 Å². The topological polar surface area (TPSA) is 63.6 Å². The van der Waals surface area contributed by atoms with Gasteiger partial charge in [-0.1, -0.05) is 13.8 Å². The third kappa shape index (κ3) is 1.52. The highest BCUT2D eigenvalue weighted by Gasteiger charge is 2.58. The molecule has 1 aliphatic carbocycles. The molecule has 4 heteroatoms. The lowest BCUT2D eigenvalue weighted by Crippen LogP contribution is -2.43. The summed E-state index contributed by atoms with van der Waals surface area (Å²) < 4.78 is 4.77. The summed E-state index contributed by atoms with van der Waals surface area (Å²) in [4.78, 5) is 22.8. The van der Waals surface area contributed by atoms with Crippen molar-refractivity contribution in [3.63, 3.8) is 0 Å². The Morgan fingerprint density at radius 3 is 2.20 bits per heavy atom. The molecule has 1 aliphatic rings. The minimum Gasteiger partial charge on any atom is -0.481 e. The first-order chi connectivity index (χ1) is 6.77. The molecule has 2 atom stereocenters. The molecule has 0 amide bonds. The molecule has 0 saturated heterocycles.